The molecule has 1 saturated heterocycles. The number of nitro groups is 1. The summed E-state index contributed by atoms with van der Waals surface area (Å²) in [5.41, 5.74) is 5.41. The zero-order valence-corrected chi connectivity index (χ0v) is 15.0. The van der Waals surface area contributed by atoms with Crippen LogP contribution in [-0.4, -0.2) is 41.0 Å². The average molecular weight is 378 g/mol. The third-order valence-corrected chi connectivity index (χ3v) is 4.28. The molecule has 134 valence electrons. The Hall–Kier alpha value is -1.57. The fourth-order valence-corrected chi connectivity index (χ4v) is 2.99. The number of benzene rings is 1. The lowest BCUT2D eigenvalue weighted by Crippen LogP contribution is -2.42. The fraction of sp³-hybridized carbons (Fsp3) is 0.533. The van der Waals surface area contributed by atoms with Crippen molar-refractivity contribution >= 4 is 35.6 Å². The molecule has 0 aliphatic carbocycles. The molecule has 7 nitrogen and oxygen atoms in total. The fourth-order valence-electron chi connectivity index (χ4n) is 2.83. The first kappa shape index (κ1) is 20.5. The van der Waals surface area contributed by atoms with E-state index < -0.39 is 11.0 Å². The molecular weight excluding hydrogens is 357 g/mol. The highest BCUT2D eigenvalue weighted by Crippen LogP contribution is 2.31. The number of nitro benzene ring substituents is 1. The van der Waals surface area contributed by atoms with Gasteiger partial charge in [0.1, 0.15) is 0 Å². The molecule has 9 heteroatoms. The number of halogens is 2. The lowest BCUT2D eigenvalue weighted by Gasteiger charge is -2.25. The minimum Gasteiger partial charge on any atom is -0.474 e. The van der Waals surface area contributed by atoms with Crippen molar-refractivity contribution in [2.45, 2.75) is 32.4 Å². The van der Waals surface area contributed by atoms with Crippen LogP contribution in [0.1, 0.15) is 20.3 Å². The number of carbonyl (C=O) groups excluding carboxylic acids is 1. The molecule has 0 aromatic heterocycles. The number of carbonyl (C=O) groups is 1. The standard InChI is InChI=1S/C15H20ClN3O4.ClH/c1-9-5-11(7-17)8-18(9)15(20)10(2)23-14-4-3-12(16)6-13(14)19(21)22;/h3-4,6,9-11H,5,7-8,17H2,1-2H3;1H. The molecule has 1 aliphatic heterocycles. The number of hydrogen-bond acceptors (Lipinski definition) is 5. The summed E-state index contributed by atoms with van der Waals surface area (Å²) in [6.07, 6.45) is 0.0321. The third kappa shape index (κ3) is 4.49. The summed E-state index contributed by atoms with van der Waals surface area (Å²) >= 11 is 5.77. The second kappa shape index (κ2) is 8.50. The van der Waals surface area contributed by atoms with Crippen molar-refractivity contribution in [3.8, 4) is 5.75 Å². The van der Waals surface area contributed by atoms with Crippen molar-refractivity contribution in [1.29, 1.82) is 0 Å². The molecule has 1 aliphatic rings. The zero-order valence-electron chi connectivity index (χ0n) is 13.5. The van der Waals surface area contributed by atoms with E-state index in [4.69, 9.17) is 22.1 Å². The number of amides is 1. The lowest BCUT2D eigenvalue weighted by atomic mass is 10.1. The van der Waals surface area contributed by atoms with Crippen LogP contribution in [0.5, 0.6) is 5.75 Å². The van der Waals surface area contributed by atoms with Crippen LogP contribution < -0.4 is 10.5 Å². The summed E-state index contributed by atoms with van der Waals surface area (Å²) in [5, 5.41) is 11.3. The highest BCUT2D eigenvalue weighted by atomic mass is 35.5. The molecule has 2 rings (SSSR count). The zero-order chi connectivity index (χ0) is 17.1. The van der Waals surface area contributed by atoms with Crippen LogP contribution in [0.2, 0.25) is 5.02 Å². The number of likely N-dealkylation sites (tertiary alicyclic amines) is 1. The van der Waals surface area contributed by atoms with E-state index in [0.717, 1.165) is 6.42 Å². The van der Waals surface area contributed by atoms with Crippen molar-refractivity contribution in [2.75, 3.05) is 13.1 Å². The monoisotopic (exact) mass is 377 g/mol. The van der Waals surface area contributed by atoms with Gasteiger partial charge < -0.3 is 15.4 Å². The number of rotatable bonds is 5. The molecule has 0 saturated carbocycles. The van der Waals surface area contributed by atoms with Gasteiger partial charge in [-0.2, -0.15) is 0 Å². The van der Waals surface area contributed by atoms with Crippen molar-refractivity contribution in [3.63, 3.8) is 0 Å². The number of nitrogens with two attached hydrogens (primary N) is 1. The quantitative estimate of drug-likeness (QED) is 0.627. The number of ether oxygens (including phenoxy) is 1. The molecular formula is C15H21Cl2N3O4. The van der Waals surface area contributed by atoms with Crippen LogP contribution in [0.15, 0.2) is 18.2 Å². The predicted octanol–water partition coefficient (Wildman–Crippen LogP) is 2.63. The van der Waals surface area contributed by atoms with Gasteiger partial charge in [-0.1, -0.05) is 11.6 Å². The molecule has 1 amide bonds. The average Bonchev–Trinajstić information content (AvgIpc) is 2.89. The predicted molar refractivity (Wildman–Crippen MR) is 93.8 cm³/mol. The summed E-state index contributed by atoms with van der Waals surface area (Å²) in [4.78, 5) is 24.8. The lowest BCUT2D eigenvalue weighted by molar-refractivity contribution is -0.386. The Morgan fingerprint density at radius 1 is 1.58 bits per heavy atom. The Morgan fingerprint density at radius 3 is 2.79 bits per heavy atom. The minimum absolute atomic E-state index is 0. The van der Waals surface area contributed by atoms with Crippen LogP contribution in [-0.2, 0) is 4.79 Å². The molecule has 2 N–H and O–H groups in total. The van der Waals surface area contributed by atoms with Crippen molar-refractivity contribution < 1.29 is 14.5 Å². The molecule has 3 atom stereocenters. The number of nitrogens with zero attached hydrogens (tertiary/aromatic N) is 2. The van der Waals surface area contributed by atoms with Gasteiger partial charge in [-0.05, 0) is 44.9 Å². The topological polar surface area (TPSA) is 98.7 Å². The van der Waals surface area contributed by atoms with Gasteiger partial charge >= 0.3 is 5.69 Å². The van der Waals surface area contributed by atoms with E-state index in [1.54, 1.807) is 11.8 Å². The van der Waals surface area contributed by atoms with Gasteiger partial charge in [0.2, 0.25) is 0 Å². The normalized spacial score (nSPS) is 21.1. The maximum absolute atomic E-state index is 12.5. The van der Waals surface area contributed by atoms with Gasteiger partial charge in [0, 0.05) is 23.7 Å². The van der Waals surface area contributed by atoms with E-state index in [0.29, 0.717) is 13.1 Å². The van der Waals surface area contributed by atoms with Gasteiger partial charge in [-0.15, -0.1) is 12.4 Å². The minimum atomic E-state index is -0.825. The molecule has 1 fully saturated rings. The molecule has 0 bridgehead atoms. The summed E-state index contributed by atoms with van der Waals surface area (Å²) in [7, 11) is 0. The van der Waals surface area contributed by atoms with Gasteiger partial charge in [-0.3, -0.25) is 14.9 Å². The summed E-state index contributed by atoms with van der Waals surface area (Å²) in [6, 6.07) is 4.18. The van der Waals surface area contributed by atoms with Crippen molar-refractivity contribution in [1.82, 2.24) is 4.90 Å². The van der Waals surface area contributed by atoms with E-state index in [-0.39, 0.29) is 46.7 Å². The maximum atomic E-state index is 12.5. The first-order valence-electron chi connectivity index (χ1n) is 7.44. The molecule has 1 aromatic rings. The molecule has 24 heavy (non-hydrogen) atoms. The molecule has 0 spiro atoms. The van der Waals surface area contributed by atoms with E-state index in [2.05, 4.69) is 0 Å². The van der Waals surface area contributed by atoms with Crippen LogP contribution in [0, 0.1) is 16.0 Å². The van der Waals surface area contributed by atoms with E-state index in [1.807, 2.05) is 6.92 Å². The summed E-state index contributed by atoms with van der Waals surface area (Å²) in [5.74, 6) is 0.117. The van der Waals surface area contributed by atoms with E-state index >= 15 is 0 Å². The number of hydrogen-bond donors (Lipinski definition) is 1. The Labute approximate surface area is 151 Å². The second-order valence-electron chi connectivity index (χ2n) is 5.81. The van der Waals surface area contributed by atoms with Crippen molar-refractivity contribution in [2.24, 2.45) is 11.7 Å². The van der Waals surface area contributed by atoms with E-state index in [1.165, 1.54) is 18.2 Å². The van der Waals surface area contributed by atoms with E-state index in [9.17, 15) is 14.9 Å². The summed E-state index contributed by atoms with van der Waals surface area (Å²) < 4.78 is 5.53. The molecule has 3 unspecified atom stereocenters. The Bertz CT molecular complexity index is 614. The van der Waals surface area contributed by atoms with Gasteiger partial charge in [0.05, 0.1) is 4.92 Å². The van der Waals surface area contributed by atoms with Crippen LogP contribution in [0.25, 0.3) is 0 Å². The maximum Gasteiger partial charge on any atom is 0.312 e. The van der Waals surface area contributed by atoms with Gasteiger partial charge in [0.25, 0.3) is 5.91 Å². The molecule has 1 heterocycles. The van der Waals surface area contributed by atoms with Gasteiger partial charge in [0.15, 0.2) is 11.9 Å². The Morgan fingerprint density at radius 2 is 2.25 bits per heavy atom. The second-order valence-corrected chi connectivity index (χ2v) is 6.24. The van der Waals surface area contributed by atoms with Crippen molar-refractivity contribution in [3.05, 3.63) is 33.3 Å². The SMILES string of the molecule is CC(Oc1ccc(Cl)cc1[N+](=O)[O-])C(=O)N1CC(CN)CC1C.Cl. The Balaban J connectivity index is 0.00000288. The molecule has 1 aromatic carbocycles. The summed E-state index contributed by atoms with van der Waals surface area (Å²) in [6.45, 7) is 4.67. The van der Waals surface area contributed by atoms with Crippen LogP contribution in [0.4, 0.5) is 5.69 Å². The highest BCUT2D eigenvalue weighted by Gasteiger charge is 2.35. The largest absolute Gasteiger partial charge is 0.474 e. The third-order valence-electron chi connectivity index (χ3n) is 4.05. The highest BCUT2D eigenvalue weighted by molar-refractivity contribution is 6.30. The van der Waals surface area contributed by atoms with Crippen LogP contribution in [0.3, 0.4) is 0 Å². The van der Waals surface area contributed by atoms with Gasteiger partial charge in [-0.25, -0.2) is 0 Å². The molecule has 0 radical (unpaired) electrons. The first-order chi connectivity index (χ1) is 10.8. The van der Waals surface area contributed by atoms with Crippen LogP contribution >= 0.6 is 24.0 Å². The first-order valence-corrected chi connectivity index (χ1v) is 7.82. The smallest absolute Gasteiger partial charge is 0.312 e. The Kier molecular flexibility index (Phi) is 7.26.